The maximum absolute atomic E-state index is 12.9. The Bertz CT molecular complexity index is 882. The van der Waals surface area contributed by atoms with Crippen molar-refractivity contribution in [3.63, 3.8) is 0 Å². The molecule has 0 amide bonds. The topological polar surface area (TPSA) is 26.3 Å². The van der Waals surface area contributed by atoms with Gasteiger partial charge in [0.05, 0.1) is 5.92 Å². The summed E-state index contributed by atoms with van der Waals surface area (Å²) in [7, 11) is 0. The Morgan fingerprint density at radius 1 is 0.657 bits per heavy atom. The number of rotatable bonds is 10. The minimum Gasteiger partial charge on any atom is -0.462 e. The van der Waals surface area contributed by atoms with Gasteiger partial charge in [0.25, 0.3) is 0 Å². The summed E-state index contributed by atoms with van der Waals surface area (Å²) in [5.74, 6) is 1.39. The molecule has 0 heterocycles. The van der Waals surface area contributed by atoms with Crippen LogP contribution in [0.25, 0.3) is 0 Å². The number of esters is 1. The summed E-state index contributed by atoms with van der Waals surface area (Å²) in [6.07, 6.45) is 16.0. The number of carbonyl (C=O) groups excluding carboxylic acids is 1. The van der Waals surface area contributed by atoms with Crippen LogP contribution in [0.1, 0.15) is 125 Å². The van der Waals surface area contributed by atoms with Crippen molar-refractivity contribution >= 4 is 5.97 Å². The van der Waals surface area contributed by atoms with E-state index in [0.717, 1.165) is 57.8 Å². The van der Waals surface area contributed by atoms with Gasteiger partial charge in [-0.3, -0.25) is 4.79 Å². The molecule has 2 nitrogen and oxygen atoms in total. The Labute approximate surface area is 213 Å². The number of hydrogen-bond donors (Lipinski definition) is 0. The second kappa shape index (κ2) is 13.3. The lowest BCUT2D eigenvalue weighted by Gasteiger charge is -2.32. The highest BCUT2D eigenvalue weighted by Gasteiger charge is 2.31. The predicted octanol–water partition coefficient (Wildman–Crippen LogP) is 8.92. The minimum atomic E-state index is 0.0714. The molecular formula is C33H46O2. The van der Waals surface area contributed by atoms with Gasteiger partial charge in [-0.05, 0) is 105 Å². The van der Waals surface area contributed by atoms with Crippen LogP contribution in [0.2, 0.25) is 0 Å². The van der Waals surface area contributed by atoms with Crippen molar-refractivity contribution in [3.8, 4) is 0 Å². The third kappa shape index (κ3) is 7.45. The monoisotopic (exact) mass is 474 g/mol. The van der Waals surface area contributed by atoms with E-state index in [0.29, 0.717) is 11.8 Å². The highest BCUT2D eigenvalue weighted by atomic mass is 16.5. The standard InChI is InChI=1S/C33H46O2/c1-3-5-6-8-26-11-15-27(16-12-26)29-17-19-31(20-18-29)33(34)35-32-23-21-30(22-24-32)28-13-9-25(7-4-2)10-14-28/h9-16,29-32H,3-8,17-24H2,1-2H3. The molecule has 2 aromatic rings. The molecular weight excluding hydrogens is 428 g/mol. The van der Waals surface area contributed by atoms with Gasteiger partial charge >= 0.3 is 5.97 Å². The molecule has 2 saturated carbocycles. The van der Waals surface area contributed by atoms with Crippen molar-refractivity contribution in [2.45, 2.75) is 122 Å². The van der Waals surface area contributed by atoms with Crippen LogP contribution >= 0.6 is 0 Å². The van der Waals surface area contributed by atoms with E-state index in [1.54, 1.807) is 0 Å². The van der Waals surface area contributed by atoms with Gasteiger partial charge in [0.15, 0.2) is 0 Å². The maximum Gasteiger partial charge on any atom is 0.309 e. The summed E-state index contributed by atoms with van der Waals surface area (Å²) < 4.78 is 6.03. The van der Waals surface area contributed by atoms with Crippen LogP contribution in [0.4, 0.5) is 0 Å². The van der Waals surface area contributed by atoms with Gasteiger partial charge in [-0.15, -0.1) is 0 Å². The van der Waals surface area contributed by atoms with Crippen LogP contribution in [0.5, 0.6) is 0 Å². The second-order valence-electron chi connectivity index (χ2n) is 11.1. The lowest BCUT2D eigenvalue weighted by atomic mass is 9.78. The zero-order valence-electron chi connectivity index (χ0n) is 22.1. The molecule has 35 heavy (non-hydrogen) atoms. The molecule has 2 fully saturated rings. The average Bonchev–Trinajstić information content (AvgIpc) is 2.90. The summed E-state index contributed by atoms with van der Waals surface area (Å²) in [6, 6.07) is 18.5. The molecule has 0 N–H and O–H groups in total. The number of aryl methyl sites for hydroxylation is 2. The number of ether oxygens (including phenoxy) is 1. The van der Waals surface area contributed by atoms with Gasteiger partial charge in [0.1, 0.15) is 6.10 Å². The lowest BCUT2D eigenvalue weighted by Crippen LogP contribution is -2.29. The minimum absolute atomic E-state index is 0.0714. The number of benzene rings is 2. The van der Waals surface area contributed by atoms with Crippen molar-refractivity contribution in [2.75, 3.05) is 0 Å². The molecule has 2 aliphatic rings. The quantitative estimate of drug-likeness (QED) is 0.254. The molecule has 2 heteroatoms. The highest BCUT2D eigenvalue weighted by Crippen LogP contribution is 2.38. The van der Waals surface area contributed by atoms with Crippen molar-refractivity contribution in [1.82, 2.24) is 0 Å². The van der Waals surface area contributed by atoms with E-state index in [1.165, 1.54) is 54.4 Å². The lowest BCUT2D eigenvalue weighted by molar-refractivity contribution is -0.157. The average molecular weight is 475 g/mol. The molecule has 4 rings (SSSR count). The Hall–Kier alpha value is -2.09. The van der Waals surface area contributed by atoms with Crippen LogP contribution in [0.3, 0.4) is 0 Å². The molecule has 0 radical (unpaired) electrons. The third-order valence-corrected chi connectivity index (χ3v) is 8.53. The molecule has 0 saturated heterocycles. The number of hydrogen-bond acceptors (Lipinski definition) is 2. The summed E-state index contributed by atoms with van der Waals surface area (Å²) in [5, 5.41) is 0. The Balaban J connectivity index is 1.18. The summed E-state index contributed by atoms with van der Waals surface area (Å²) >= 11 is 0. The first-order chi connectivity index (χ1) is 17.2. The molecule has 0 bridgehead atoms. The molecule has 0 unspecified atom stereocenters. The van der Waals surface area contributed by atoms with E-state index in [4.69, 9.17) is 4.74 Å². The van der Waals surface area contributed by atoms with Gasteiger partial charge in [0.2, 0.25) is 0 Å². The van der Waals surface area contributed by atoms with Crippen LogP contribution in [-0.2, 0) is 22.4 Å². The van der Waals surface area contributed by atoms with E-state index >= 15 is 0 Å². The zero-order chi connectivity index (χ0) is 24.5. The van der Waals surface area contributed by atoms with E-state index in [-0.39, 0.29) is 18.0 Å². The summed E-state index contributed by atoms with van der Waals surface area (Å²) in [6.45, 7) is 4.49. The molecule has 2 aliphatic carbocycles. The van der Waals surface area contributed by atoms with Crippen LogP contribution in [0.15, 0.2) is 48.5 Å². The first-order valence-corrected chi connectivity index (χ1v) is 14.5. The van der Waals surface area contributed by atoms with Crippen LogP contribution in [0, 0.1) is 5.92 Å². The normalized spacial score (nSPS) is 24.7. The Kier molecular flexibility index (Phi) is 9.86. The van der Waals surface area contributed by atoms with Gasteiger partial charge in [-0.1, -0.05) is 81.6 Å². The summed E-state index contributed by atoms with van der Waals surface area (Å²) in [4.78, 5) is 12.9. The van der Waals surface area contributed by atoms with Gasteiger partial charge < -0.3 is 4.74 Å². The molecule has 2 aromatic carbocycles. The second-order valence-corrected chi connectivity index (χ2v) is 11.1. The van der Waals surface area contributed by atoms with E-state index in [9.17, 15) is 4.79 Å². The fraction of sp³-hybridized carbons (Fsp3) is 0.606. The molecule has 0 aromatic heterocycles. The van der Waals surface area contributed by atoms with Gasteiger partial charge in [-0.2, -0.15) is 0 Å². The van der Waals surface area contributed by atoms with Crippen molar-refractivity contribution in [1.29, 1.82) is 0 Å². The van der Waals surface area contributed by atoms with Gasteiger partial charge in [0, 0.05) is 0 Å². The molecule has 0 spiro atoms. The van der Waals surface area contributed by atoms with Crippen molar-refractivity contribution < 1.29 is 9.53 Å². The van der Waals surface area contributed by atoms with Crippen molar-refractivity contribution in [3.05, 3.63) is 70.8 Å². The molecule has 190 valence electrons. The maximum atomic E-state index is 12.9. The zero-order valence-corrected chi connectivity index (χ0v) is 22.1. The SMILES string of the molecule is CCCCCc1ccc(C2CCC(C(=O)OC3CCC(c4ccc(CCC)cc4)CC3)CC2)cc1. The number of carbonyl (C=O) groups is 1. The highest BCUT2D eigenvalue weighted by molar-refractivity contribution is 5.72. The first-order valence-electron chi connectivity index (χ1n) is 14.5. The van der Waals surface area contributed by atoms with Crippen LogP contribution < -0.4 is 0 Å². The molecule has 0 atom stereocenters. The fourth-order valence-electron chi connectivity index (χ4n) is 6.22. The van der Waals surface area contributed by atoms with Crippen molar-refractivity contribution in [2.24, 2.45) is 5.92 Å². The van der Waals surface area contributed by atoms with E-state index < -0.39 is 0 Å². The van der Waals surface area contributed by atoms with Crippen LogP contribution in [-0.4, -0.2) is 12.1 Å². The predicted molar refractivity (Wildman–Crippen MR) is 146 cm³/mol. The third-order valence-electron chi connectivity index (χ3n) is 8.53. The van der Waals surface area contributed by atoms with E-state index in [2.05, 4.69) is 62.4 Å². The first kappa shape index (κ1) is 26.0. The molecule has 0 aliphatic heterocycles. The Morgan fingerprint density at radius 2 is 1.17 bits per heavy atom. The van der Waals surface area contributed by atoms with Gasteiger partial charge in [-0.25, -0.2) is 0 Å². The fourth-order valence-corrected chi connectivity index (χ4v) is 6.22. The van der Waals surface area contributed by atoms with E-state index in [1.807, 2.05) is 0 Å². The smallest absolute Gasteiger partial charge is 0.309 e. The largest absolute Gasteiger partial charge is 0.462 e. The summed E-state index contributed by atoms with van der Waals surface area (Å²) in [5.41, 5.74) is 5.81. The Morgan fingerprint density at radius 3 is 1.69 bits per heavy atom. The number of unbranched alkanes of at least 4 members (excludes halogenated alkanes) is 2.